The molecule has 0 fully saturated rings. The Kier molecular flexibility index (Phi) is 5.93. The monoisotopic (exact) mass is 369 g/mol. The van der Waals surface area contributed by atoms with Crippen LogP contribution in [0.4, 0.5) is 11.4 Å². The second kappa shape index (κ2) is 7.74. The molecule has 24 heavy (non-hydrogen) atoms. The lowest BCUT2D eigenvalue weighted by Crippen LogP contribution is -2.36. The number of halogens is 1. The standard InChI is InChI=1S/C16H19N3O3S.ClH/c17-23(20,21)14-7-5-13(6-8-14)22-12-11-19-10-9-18-15-3-1-2-4-16(15)19;/h1-8,18H,9-12H2,(H2,17,20,21);1H. The Morgan fingerprint density at radius 1 is 1.12 bits per heavy atom. The minimum Gasteiger partial charge on any atom is -0.492 e. The molecule has 0 radical (unpaired) electrons. The maximum Gasteiger partial charge on any atom is 0.238 e. The number of anilines is 2. The number of fused-ring (bicyclic) bond motifs is 1. The normalized spacial score (nSPS) is 13.5. The van der Waals surface area contributed by atoms with Crippen molar-refractivity contribution in [3.63, 3.8) is 0 Å². The van der Waals surface area contributed by atoms with Crippen molar-refractivity contribution in [3.05, 3.63) is 48.5 Å². The van der Waals surface area contributed by atoms with Crippen molar-refractivity contribution in [1.29, 1.82) is 0 Å². The number of hydrogen-bond donors (Lipinski definition) is 2. The van der Waals surface area contributed by atoms with Crippen LogP contribution >= 0.6 is 12.4 Å². The summed E-state index contributed by atoms with van der Waals surface area (Å²) in [6.07, 6.45) is 0. The molecule has 3 N–H and O–H groups in total. The second-order valence-corrected chi connectivity index (χ2v) is 6.86. The zero-order valence-electron chi connectivity index (χ0n) is 13.0. The van der Waals surface area contributed by atoms with Gasteiger partial charge in [0.1, 0.15) is 12.4 Å². The highest BCUT2D eigenvalue weighted by molar-refractivity contribution is 7.89. The summed E-state index contributed by atoms with van der Waals surface area (Å²) in [7, 11) is -3.66. The van der Waals surface area contributed by atoms with Crippen molar-refractivity contribution in [1.82, 2.24) is 0 Å². The van der Waals surface area contributed by atoms with E-state index in [2.05, 4.69) is 22.3 Å². The first-order chi connectivity index (χ1) is 11.0. The molecule has 0 atom stereocenters. The van der Waals surface area contributed by atoms with Crippen LogP contribution in [0.5, 0.6) is 5.75 Å². The Balaban J connectivity index is 0.00000208. The number of nitrogens with one attached hydrogen (secondary N) is 1. The number of ether oxygens (including phenoxy) is 1. The number of sulfonamides is 1. The van der Waals surface area contributed by atoms with E-state index in [0.717, 1.165) is 25.3 Å². The minimum absolute atomic E-state index is 0. The summed E-state index contributed by atoms with van der Waals surface area (Å²) in [4.78, 5) is 2.35. The first-order valence-electron chi connectivity index (χ1n) is 7.37. The number of rotatable bonds is 5. The van der Waals surface area contributed by atoms with E-state index in [1.54, 1.807) is 12.1 Å². The first kappa shape index (κ1) is 18.4. The van der Waals surface area contributed by atoms with E-state index in [4.69, 9.17) is 9.88 Å². The molecule has 130 valence electrons. The van der Waals surface area contributed by atoms with E-state index >= 15 is 0 Å². The number of nitrogens with two attached hydrogens (primary N) is 1. The molecule has 0 amide bonds. The highest BCUT2D eigenvalue weighted by Gasteiger charge is 2.15. The maximum absolute atomic E-state index is 11.2. The smallest absolute Gasteiger partial charge is 0.238 e. The van der Waals surface area contributed by atoms with Gasteiger partial charge in [-0.15, -0.1) is 12.4 Å². The third-order valence-corrected chi connectivity index (χ3v) is 4.65. The van der Waals surface area contributed by atoms with Crippen molar-refractivity contribution >= 4 is 33.8 Å². The summed E-state index contributed by atoms with van der Waals surface area (Å²) in [5.41, 5.74) is 2.31. The van der Waals surface area contributed by atoms with Gasteiger partial charge in [-0.2, -0.15) is 0 Å². The molecule has 0 spiro atoms. The number of hydrogen-bond acceptors (Lipinski definition) is 5. The molecule has 0 bridgehead atoms. The van der Waals surface area contributed by atoms with Crippen LogP contribution in [0.25, 0.3) is 0 Å². The Labute approximate surface area is 148 Å². The SMILES string of the molecule is Cl.NS(=O)(=O)c1ccc(OCCN2CCNc3ccccc32)cc1. The fraction of sp³-hybridized carbons (Fsp3) is 0.250. The van der Waals surface area contributed by atoms with Crippen molar-refractivity contribution in [2.75, 3.05) is 36.5 Å². The largest absolute Gasteiger partial charge is 0.492 e. The molecule has 0 saturated carbocycles. The number of benzene rings is 2. The average Bonchev–Trinajstić information content (AvgIpc) is 2.55. The van der Waals surface area contributed by atoms with E-state index in [1.807, 2.05) is 12.1 Å². The quantitative estimate of drug-likeness (QED) is 0.842. The third-order valence-electron chi connectivity index (χ3n) is 3.72. The molecule has 3 rings (SSSR count). The van der Waals surface area contributed by atoms with Crippen LogP contribution in [0, 0.1) is 0 Å². The number of para-hydroxylation sites is 2. The summed E-state index contributed by atoms with van der Waals surface area (Å²) in [6.45, 7) is 3.10. The zero-order chi connectivity index (χ0) is 16.3. The Morgan fingerprint density at radius 3 is 2.54 bits per heavy atom. The van der Waals surface area contributed by atoms with Crippen LogP contribution in [0.15, 0.2) is 53.4 Å². The maximum atomic E-state index is 11.2. The number of nitrogens with zero attached hydrogens (tertiary/aromatic N) is 1. The highest BCUT2D eigenvalue weighted by atomic mass is 35.5. The Bertz CT molecular complexity index is 781. The van der Waals surface area contributed by atoms with Gasteiger partial charge in [-0.1, -0.05) is 12.1 Å². The van der Waals surface area contributed by atoms with Crippen molar-refractivity contribution in [3.8, 4) is 5.75 Å². The van der Waals surface area contributed by atoms with Gasteiger partial charge in [-0.3, -0.25) is 0 Å². The molecule has 1 aliphatic rings. The van der Waals surface area contributed by atoms with Gasteiger partial charge >= 0.3 is 0 Å². The summed E-state index contributed by atoms with van der Waals surface area (Å²) < 4.78 is 28.1. The van der Waals surface area contributed by atoms with Crippen molar-refractivity contribution in [2.24, 2.45) is 5.14 Å². The van der Waals surface area contributed by atoms with Crippen LogP contribution in [0.1, 0.15) is 0 Å². The van der Waals surface area contributed by atoms with E-state index in [0.29, 0.717) is 12.4 Å². The fourth-order valence-electron chi connectivity index (χ4n) is 2.58. The number of primary sulfonamides is 1. The lowest BCUT2D eigenvalue weighted by atomic mass is 10.2. The van der Waals surface area contributed by atoms with Crippen molar-refractivity contribution < 1.29 is 13.2 Å². The van der Waals surface area contributed by atoms with Gasteiger partial charge in [0.15, 0.2) is 0 Å². The topological polar surface area (TPSA) is 84.7 Å². The molecular formula is C16H20ClN3O3S. The minimum atomic E-state index is -3.66. The van der Waals surface area contributed by atoms with Gasteiger partial charge < -0.3 is 15.0 Å². The van der Waals surface area contributed by atoms with Gasteiger partial charge in [0.05, 0.1) is 22.8 Å². The molecule has 0 aromatic heterocycles. The lowest BCUT2D eigenvalue weighted by Gasteiger charge is -2.31. The molecule has 0 unspecified atom stereocenters. The van der Waals surface area contributed by atoms with Gasteiger partial charge in [-0.05, 0) is 36.4 Å². The Morgan fingerprint density at radius 2 is 1.83 bits per heavy atom. The van der Waals surface area contributed by atoms with Crippen LogP contribution in [0.3, 0.4) is 0 Å². The molecule has 8 heteroatoms. The molecule has 1 heterocycles. The zero-order valence-corrected chi connectivity index (χ0v) is 14.6. The summed E-state index contributed by atoms with van der Waals surface area (Å²) >= 11 is 0. The van der Waals surface area contributed by atoms with Gasteiger partial charge in [0.25, 0.3) is 0 Å². The van der Waals surface area contributed by atoms with Crippen LogP contribution in [-0.4, -0.2) is 34.7 Å². The van der Waals surface area contributed by atoms with E-state index in [-0.39, 0.29) is 17.3 Å². The van der Waals surface area contributed by atoms with Gasteiger partial charge in [-0.25, -0.2) is 13.6 Å². The van der Waals surface area contributed by atoms with Crippen LogP contribution < -0.4 is 20.1 Å². The summed E-state index contributed by atoms with van der Waals surface area (Å²) in [6, 6.07) is 14.3. The first-order valence-corrected chi connectivity index (χ1v) is 8.92. The van der Waals surface area contributed by atoms with Crippen LogP contribution in [-0.2, 0) is 10.0 Å². The molecule has 6 nitrogen and oxygen atoms in total. The molecule has 0 saturated heterocycles. The molecule has 2 aromatic carbocycles. The predicted octanol–water partition coefficient (Wildman–Crippen LogP) is 2.07. The Hall–Kier alpha value is -1.96. The summed E-state index contributed by atoms with van der Waals surface area (Å²) in [5, 5.41) is 8.44. The molecule has 2 aromatic rings. The fourth-order valence-corrected chi connectivity index (χ4v) is 3.09. The van der Waals surface area contributed by atoms with Crippen LogP contribution in [0.2, 0.25) is 0 Å². The van der Waals surface area contributed by atoms with E-state index in [1.165, 1.54) is 17.8 Å². The molecular weight excluding hydrogens is 350 g/mol. The average molecular weight is 370 g/mol. The third kappa shape index (κ3) is 4.31. The highest BCUT2D eigenvalue weighted by Crippen LogP contribution is 2.28. The van der Waals surface area contributed by atoms with E-state index < -0.39 is 10.0 Å². The van der Waals surface area contributed by atoms with Crippen molar-refractivity contribution in [2.45, 2.75) is 4.90 Å². The summed E-state index contributed by atoms with van der Waals surface area (Å²) in [5.74, 6) is 0.626. The van der Waals surface area contributed by atoms with E-state index in [9.17, 15) is 8.42 Å². The molecule has 0 aliphatic carbocycles. The van der Waals surface area contributed by atoms with Gasteiger partial charge in [0, 0.05) is 13.1 Å². The molecule has 1 aliphatic heterocycles. The predicted molar refractivity (Wildman–Crippen MR) is 97.7 cm³/mol. The lowest BCUT2D eigenvalue weighted by molar-refractivity contribution is 0.323. The second-order valence-electron chi connectivity index (χ2n) is 5.30. The van der Waals surface area contributed by atoms with Gasteiger partial charge in [0.2, 0.25) is 10.0 Å².